The molecule has 0 saturated carbocycles. The molecular weight excluding hydrogens is 297 g/mol. The largest absolute Gasteiger partial charge is 0.446 e. The smallest absolute Gasteiger partial charge is 0.384 e. The second kappa shape index (κ2) is 5.24. The van der Waals surface area contributed by atoms with Gasteiger partial charge < -0.3 is 5.11 Å². The van der Waals surface area contributed by atoms with E-state index in [9.17, 15) is 18.3 Å². The van der Waals surface area contributed by atoms with Crippen molar-refractivity contribution in [2.75, 3.05) is 0 Å². The fraction of sp³-hybridized carbons (Fsp3) is 0.125. The maximum Gasteiger partial charge on any atom is 0.446 e. The molecule has 0 bridgehead atoms. The van der Waals surface area contributed by atoms with E-state index in [-0.39, 0.29) is 16.7 Å². The van der Waals surface area contributed by atoms with Crippen molar-refractivity contribution in [2.45, 2.75) is 16.5 Å². The summed E-state index contributed by atoms with van der Waals surface area (Å²) < 4.78 is 37.4. The first-order valence-electron chi connectivity index (χ1n) is 6.29. The lowest BCUT2D eigenvalue weighted by Crippen LogP contribution is -2.04. The van der Waals surface area contributed by atoms with Crippen LogP contribution >= 0.6 is 11.8 Å². The Balaban J connectivity index is 2.06. The molecule has 0 saturated heterocycles. The maximum absolute atomic E-state index is 12.5. The van der Waals surface area contributed by atoms with E-state index in [0.717, 1.165) is 11.1 Å². The predicted molar refractivity (Wildman–Crippen MR) is 77.8 cm³/mol. The Labute approximate surface area is 124 Å². The maximum atomic E-state index is 12.5. The van der Waals surface area contributed by atoms with Crippen molar-refractivity contribution in [1.82, 2.24) is 0 Å². The zero-order valence-corrected chi connectivity index (χ0v) is 11.6. The Morgan fingerprint density at radius 2 is 1.57 bits per heavy atom. The van der Waals surface area contributed by atoms with Crippen LogP contribution in [0, 0.1) is 0 Å². The van der Waals surface area contributed by atoms with Crippen molar-refractivity contribution in [1.29, 1.82) is 0 Å². The first kappa shape index (κ1) is 14.2. The van der Waals surface area contributed by atoms with Crippen LogP contribution in [0.5, 0.6) is 0 Å². The molecule has 1 atom stereocenters. The fourth-order valence-corrected chi connectivity index (χ4v) is 2.99. The number of rotatable bonds is 1. The minimum atomic E-state index is -4.34. The van der Waals surface area contributed by atoms with Gasteiger partial charge in [0.1, 0.15) is 6.10 Å². The number of aliphatic hydroxyl groups is 1. The van der Waals surface area contributed by atoms with E-state index in [1.165, 1.54) is 12.1 Å². The molecule has 1 N–H and O–H groups in total. The summed E-state index contributed by atoms with van der Waals surface area (Å²) in [6, 6.07) is 11.7. The number of alkyl halides is 3. The molecule has 0 aliphatic heterocycles. The van der Waals surface area contributed by atoms with Crippen LogP contribution in [0.15, 0.2) is 47.4 Å². The number of fused-ring (bicyclic) bond motifs is 2. The monoisotopic (exact) mass is 308 g/mol. The molecule has 0 amide bonds. The molecule has 0 spiro atoms. The van der Waals surface area contributed by atoms with Gasteiger partial charge in [-0.05, 0) is 46.1 Å². The number of hydrogen-bond acceptors (Lipinski definition) is 2. The second-order valence-corrected chi connectivity index (χ2v) is 5.84. The van der Waals surface area contributed by atoms with Gasteiger partial charge in [-0.2, -0.15) is 13.2 Å². The summed E-state index contributed by atoms with van der Waals surface area (Å²) in [7, 11) is 0. The van der Waals surface area contributed by atoms with E-state index >= 15 is 0 Å². The van der Waals surface area contributed by atoms with Crippen molar-refractivity contribution >= 4 is 23.9 Å². The quantitative estimate of drug-likeness (QED) is 0.759. The third-order valence-corrected chi connectivity index (χ3v) is 4.04. The van der Waals surface area contributed by atoms with E-state index < -0.39 is 11.6 Å². The van der Waals surface area contributed by atoms with E-state index in [1.807, 2.05) is 24.3 Å². The van der Waals surface area contributed by atoms with Gasteiger partial charge in [-0.1, -0.05) is 42.5 Å². The molecular formula is C16H11F3OS. The van der Waals surface area contributed by atoms with Gasteiger partial charge in [0.25, 0.3) is 0 Å². The molecule has 21 heavy (non-hydrogen) atoms. The lowest BCUT2D eigenvalue weighted by molar-refractivity contribution is -0.0328. The minimum Gasteiger partial charge on any atom is -0.384 e. The van der Waals surface area contributed by atoms with E-state index in [1.54, 1.807) is 18.2 Å². The Morgan fingerprint density at radius 3 is 2.29 bits per heavy atom. The van der Waals surface area contributed by atoms with Gasteiger partial charge in [0.2, 0.25) is 0 Å². The molecule has 5 heteroatoms. The average molecular weight is 308 g/mol. The Bertz CT molecular complexity index is 707. The number of aliphatic hydroxyl groups excluding tert-OH is 1. The minimum absolute atomic E-state index is 0.0769. The average Bonchev–Trinajstić information content (AvgIpc) is 2.56. The highest BCUT2D eigenvalue weighted by atomic mass is 32.2. The molecule has 1 nitrogen and oxygen atoms in total. The van der Waals surface area contributed by atoms with Gasteiger partial charge in [0, 0.05) is 4.90 Å². The standard InChI is InChI=1S/C16H11F3OS/c17-16(18,19)21-12-8-7-11-6-5-10-3-1-2-4-13(10)15(20)14(11)9-12/h1-9,15,20H. The highest BCUT2D eigenvalue weighted by Crippen LogP contribution is 2.40. The van der Waals surface area contributed by atoms with Crippen molar-refractivity contribution in [3.8, 4) is 0 Å². The Hall–Kier alpha value is -1.72. The summed E-state index contributed by atoms with van der Waals surface area (Å²) in [5.41, 5.74) is -1.55. The summed E-state index contributed by atoms with van der Waals surface area (Å²) in [6.07, 6.45) is 2.74. The Morgan fingerprint density at radius 1 is 0.905 bits per heavy atom. The summed E-state index contributed by atoms with van der Waals surface area (Å²) >= 11 is -0.172. The van der Waals surface area contributed by atoms with E-state index in [2.05, 4.69) is 0 Å². The van der Waals surface area contributed by atoms with Crippen LogP contribution in [0.3, 0.4) is 0 Å². The highest BCUT2D eigenvalue weighted by Gasteiger charge is 2.30. The molecule has 108 valence electrons. The van der Waals surface area contributed by atoms with Crippen molar-refractivity contribution in [2.24, 2.45) is 0 Å². The van der Waals surface area contributed by atoms with Crippen LogP contribution in [0.1, 0.15) is 28.4 Å². The first-order chi connectivity index (χ1) is 9.94. The third-order valence-electron chi connectivity index (χ3n) is 3.32. The van der Waals surface area contributed by atoms with Crippen molar-refractivity contribution in [3.63, 3.8) is 0 Å². The van der Waals surface area contributed by atoms with E-state index in [4.69, 9.17) is 0 Å². The lowest BCUT2D eigenvalue weighted by Gasteiger charge is -2.16. The lowest BCUT2D eigenvalue weighted by atomic mass is 9.97. The number of hydrogen-bond donors (Lipinski definition) is 1. The van der Waals surface area contributed by atoms with Crippen LogP contribution in [-0.2, 0) is 0 Å². The summed E-state index contributed by atoms with van der Waals surface area (Å²) in [4.78, 5) is 0.0769. The summed E-state index contributed by atoms with van der Waals surface area (Å²) in [5, 5.41) is 10.5. The second-order valence-electron chi connectivity index (χ2n) is 4.70. The van der Waals surface area contributed by atoms with Gasteiger partial charge in [0.15, 0.2) is 0 Å². The van der Waals surface area contributed by atoms with Crippen LogP contribution in [0.25, 0.3) is 12.2 Å². The van der Waals surface area contributed by atoms with Gasteiger partial charge >= 0.3 is 5.51 Å². The Kier molecular flexibility index (Phi) is 3.55. The molecule has 1 aliphatic rings. The number of benzene rings is 2. The molecule has 0 aromatic heterocycles. The van der Waals surface area contributed by atoms with Gasteiger partial charge in [-0.15, -0.1) is 0 Å². The molecule has 0 radical (unpaired) electrons. The third kappa shape index (κ3) is 2.99. The van der Waals surface area contributed by atoms with Crippen molar-refractivity contribution < 1.29 is 18.3 Å². The van der Waals surface area contributed by atoms with Gasteiger partial charge in [-0.25, -0.2) is 0 Å². The molecule has 0 heterocycles. The van der Waals surface area contributed by atoms with Crippen LogP contribution < -0.4 is 0 Å². The van der Waals surface area contributed by atoms with Crippen LogP contribution in [0.2, 0.25) is 0 Å². The molecule has 3 rings (SSSR count). The predicted octanol–water partition coefficient (Wildman–Crippen LogP) is 4.86. The molecule has 2 aromatic carbocycles. The SMILES string of the molecule is OC1c2ccccc2C=Cc2ccc(SC(F)(F)F)cc21. The van der Waals surface area contributed by atoms with Crippen LogP contribution in [-0.4, -0.2) is 10.6 Å². The molecule has 0 fully saturated rings. The number of thioether (sulfide) groups is 1. The molecule has 2 aromatic rings. The zero-order valence-electron chi connectivity index (χ0n) is 10.8. The fourth-order valence-electron chi connectivity index (χ4n) is 2.40. The van der Waals surface area contributed by atoms with Crippen LogP contribution in [0.4, 0.5) is 13.2 Å². The molecule has 1 unspecified atom stereocenters. The first-order valence-corrected chi connectivity index (χ1v) is 7.10. The summed E-state index contributed by atoms with van der Waals surface area (Å²) in [5.74, 6) is 0. The van der Waals surface area contributed by atoms with E-state index in [0.29, 0.717) is 11.1 Å². The van der Waals surface area contributed by atoms with Gasteiger partial charge in [0.05, 0.1) is 0 Å². The zero-order chi connectivity index (χ0) is 15.0. The topological polar surface area (TPSA) is 20.2 Å². The molecule has 1 aliphatic carbocycles. The summed E-state index contributed by atoms with van der Waals surface area (Å²) in [6.45, 7) is 0. The normalized spacial score (nSPS) is 17.0. The number of halogens is 3. The van der Waals surface area contributed by atoms with Crippen molar-refractivity contribution in [3.05, 3.63) is 64.7 Å². The highest BCUT2D eigenvalue weighted by molar-refractivity contribution is 8.00. The van der Waals surface area contributed by atoms with Gasteiger partial charge in [-0.3, -0.25) is 0 Å².